The van der Waals surface area contributed by atoms with Crippen LogP contribution in [-0.2, 0) is 0 Å². The molecular formula is C15H17N3O3. The van der Waals surface area contributed by atoms with E-state index < -0.39 is 0 Å². The van der Waals surface area contributed by atoms with Crippen molar-refractivity contribution >= 4 is 17.4 Å². The normalized spacial score (nSPS) is 9.86. The maximum atomic E-state index is 12.2. The van der Waals surface area contributed by atoms with Gasteiger partial charge in [-0.05, 0) is 12.1 Å². The Morgan fingerprint density at radius 1 is 1.10 bits per heavy atom. The van der Waals surface area contributed by atoms with Crippen LogP contribution in [0.3, 0.4) is 0 Å². The predicted octanol–water partition coefficient (Wildman–Crippen LogP) is 2.39. The summed E-state index contributed by atoms with van der Waals surface area (Å²) in [6, 6.07) is 10.3. The molecule has 0 radical (unpaired) electrons. The summed E-state index contributed by atoms with van der Waals surface area (Å²) >= 11 is 0. The van der Waals surface area contributed by atoms with Crippen molar-refractivity contribution in [3.05, 3.63) is 42.1 Å². The van der Waals surface area contributed by atoms with Gasteiger partial charge in [0.25, 0.3) is 5.91 Å². The summed E-state index contributed by atoms with van der Waals surface area (Å²) < 4.78 is 10.3. The molecular weight excluding hydrogens is 270 g/mol. The average Bonchev–Trinajstić information content (AvgIpc) is 2.54. The fraction of sp³-hybridized carbons (Fsp3) is 0.200. The van der Waals surface area contributed by atoms with Gasteiger partial charge in [-0.3, -0.25) is 4.79 Å². The zero-order valence-corrected chi connectivity index (χ0v) is 12.1. The minimum atomic E-state index is -0.303. The second kappa shape index (κ2) is 6.60. The van der Waals surface area contributed by atoms with Crippen LogP contribution >= 0.6 is 0 Å². The highest BCUT2D eigenvalue weighted by molar-refractivity contribution is 6.03. The van der Waals surface area contributed by atoms with Crippen molar-refractivity contribution in [2.24, 2.45) is 0 Å². The Morgan fingerprint density at radius 2 is 1.76 bits per heavy atom. The van der Waals surface area contributed by atoms with Crippen LogP contribution in [0.15, 0.2) is 36.4 Å². The largest absolute Gasteiger partial charge is 0.497 e. The summed E-state index contributed by atoms with van der Waals surface area (Å²) in [4.78, 5) is 16.4. The molecule has 0 fully saturated rings. The molecule has 0 unspecified atom stereocenters. The number of benzene rings is 1. The monoisotopic (exact) mass is 287 g/mol. The standard InChI is InChI=1S/C15H17N3O3/c1-16-14-6-4-5-13(18-14)15(19)17-10-7-11(20-2)9-12(8-10)21-3/h4-9H,1-3H3,(H,16,18)(H,17,19). The summed E-state index contributed by atoms with van der Waals surface area (Å²) in [5.41, 5.74) is 0.900. The summed E-state index contributed by atoms with van der Waals surface area (Å²) in [6.45, 7) is 0. The number of nitrogens with one attached hydrogen (secondary N) is 2. The van der Waals surface area contributed by atoms with Crippen molar-refractivity contribution in [3.8, 4) is 11.5 Å². The van der Waals surface area contributed by atoms with Gasteiger partial charge in [0.15, 0.2) is 0 Å². The van der Waals surface area contributed by atoms with E-state index in [1.165, 1.54) is 0 Å². The number of carbonyl (C=O) groups excluding carboxylic acids is 1. The molecule has 6 heteroatoms. The Morgan fingerprint density at radius 3 is 2.33 bits per heavy atom. The first kappa shape index (κ1) is 14.6. The Labute approximate surface area is 123 Å². The second-order valence-corrected chi connectivity index (χ2v) is 4.21. The molecule has 2 aromatic rings. The predicted molar refractivity (Wildman–Crippen MR) is 81.3 cm³/mol. The van der Waals surface area contributed by atoms with E-state index in [1.807, 2.05) is 0 Å². The van der Waals surface area contributed by atoms with E-state index in [-0.39, 0.29) is 5.91 Å². The third-order valence-corrected chi connectivity index (χ3v) is 2.85. The average molecular weight is 287 g/mol. The van der Waals surface area contributed by atoms with Crippen molar-refractivity contribution in [2.75, 3.05) is 31.9 Å². The number of hydrogen-bond acceptors (Lipinski definition) is 5. The zero-order valence-electron chi connectivity index (χ0n) is 12.1. The van der Waals surface area contributed by atoms with Gasteiger partial charge in [-0.15, -0.1) is 0 Å². The fourth-order valence-electron chi connectivity index (χ4n) is 1.78. The van der Waals surface area contributed by atoms with Crippen molar-refractivity contribution < 1.29 is 14.3 Å². The van der Waals surface area contributed by atoms with Crippen LogP contribution in [0.4, 0.5) is 11.5 Å². The van der Waals surface area contributed by atoms with Gasteiger partial charge in [-0.2, -0.15) is 0 Å². The molecule has 0 atom stereocenters. The molecule has 0 saturated carbocycles. The Kier molecular flexibility index (Phi) is 4.61. The van der Waals surface area contributed by atoms with Crippen LogP contribution in [0, 0.1) is 0 Å². The smallest absolute Gasteiger partial charge is 0.274 e. The van der Waals surface area contributed by atoms with Crippen molar-refractivity contribution in [1.29, 1.82) is 0 Å². The highest BCUT2D eigenvalue weighted by atomic mass is 16.5. The van der Waals surface area contributed by atoms with Gasteiger partial charge in [-0.25, -0.2) is 4.98 Å². The highest BCUT2D eigenvalue weighted by Crippen LogP contribution is 2.26. The quantitative estimate of drug-likeness (QED) is 0.883. The van der Waals surface area contributed by atoms with E-state index in [4.69, 9.17) is 9.47 Å². The molecule has 1 aromatic carbocycles. The lowest BCUT2D eigenvalue weighted by Crippen LogP contribution is -2.14. The third-order valence-electron chi connectivity index (χ3n) is 2.85. The van der Waals surface area contributed by atoms with Gasteiger partial charge in [0.1, 0.15) is 23.0 Å². The van der Waals surface area contributed by atoms with Crippen LogP contribution in [0.25, 0.3) is 0 Å². The number of aromatic nitrogens is 1. The lowest BCUT2D eigenvalue weighted by Gasteiger charge is -2.10. The molecule has 0 bridgehead atoms. The molecule has 110 valence electrons. The van der Waals surface area contributed by atoms with Gasteiger partial charge < -0.3 is 20.1 Å². The molecule has 0 saturated heterocycles. The van der Waals surface area contributed by atoms with E-state index in [9.17, 15) is 4.79 Å². The molecule has 0 aliphatic rings. The maximum absolute atomic E-state index is 12.2. The summed E-state index contributed by atoms with van der Waals surface area (Å²) in [7, 11) is 4.85. The molecule has 1 aromatic heterocycles. The molecule has 2 N–H and O–H groups in total. The third kappa shape index (κ3) is 3.62. The van der Waals surface area contributed by atoms with Crippen molar-refractivity contribution in [3.63, 3.8) is 0 Å². The lowest BCUT2D eigenvalue weighted by atomic mass is 10.2. The zero-order chi connectivity index (χ0) is 15.2. The Bertz CT molecular complexity index is 622. The molecule has 0 aliphatic carbocycles. The second-order valence-electron chi connectivity index (χ2n) is 4.21. The molecule has 1 heterocycles. The molecule has 21 heavy (non-hydrogen) atoms. The first-order valence-electron chi connectivity index (χ1n) is 6.35. The van der Waals surface area contributed by atoms with E-state index in [2.05, 4.69) is 15.6 Å². The Hall–Kier alpha value is -2.76. The van der Waals surface area contributed by atoms with Gasteiger partial charge in [-0.1, -0.05) is 6.07 Å². The van der Waals surface area contributed by atoms with Gasteiger partial charge in [0, 0.05) is 30.9 Å². The molecule has 6 nitrogen and oxygen atoms in total. The lowest BCUT2D eigenvalue weighted by molar-refractivity contribution is 0.102. The molecule has 1 amide bonds. The number of methoxy groups -OCH3 is 2. The SMILES string of the molecule is CNc1cccc(C(=O)Nc2cc(OC)cc(OC)c2)n1. The van der Waals surface area contributed by atoms with Crippen LogP contribution < -0.4 is 20.1 Å². The number of amides is 1. The number of nitrogens with zero attached hydrogens (tertiary/aromatic N) is 1. The number of carbonyl (C=O) groups is 1. The Balaban J connectivity index is 2.22. The van der Waals surface area contributed by atoms with Gasteiger partial charge >= 0.3 is 0 Å². The van der Waals surface area contributed by atoms with Crippen LogP contribution in [0.2, 0.25) is 0 Å². The van der Waals surface area contributed by atoms with E-state index in [1.54, 1.807) is 57.7 Å². The van der Waals surface area contributed by atoms with Crippen molar-refractivity contribution in [2.45, 2.75) is 0 Å². The maximum Gasteiger partial charge on any atom is 0.274 e. The number of anilines is 2. The number of pyridine rings is 1. The number of ether oxygens (including phenoxy) is 2. The molecule has 0 aliphatic heterocycles. The number of hydrogen-bond donors (Lipinski definition) is 2. The molecule has 2 rings (SSSR count). The van der Waals surface area contributed by atoms with Crippen LogP contribution in [-0.4, -0.2) is 32.2 Å². The van der Waals surface area contributed by atoms with Crippen LogP contribution in [0.5, 0.6) is 11.5 Å². The topological polar surface area (TPSA) is 72.5 Å². The van der Waals surface area contributed by atoms with Crippen molar-refractivity contribution in [1.82, 2.24) is 4.98 Å². The summed E-state index contributed by atoms with van der Waals surface area (Å²) in [6.07, 6.45) is 0. The first-order chi connectivity index (χ1) is 10.2. The minimum Gasteiger partial charge on any atom is -0.497 e. The van der Waals surface area contributed by atoms with E-state index in [0.29, 0.717) is 28.7 Å². The van der Waals surface area contributed by atoms with Gasteiger partial charge in [0.2, 0.25) is 0 Å². The van der Waals surface area contributed by atoms with E-state index >= 15 is 0 Å². The van der Waals surface area contributed by atoms with Crippen LogP contribution in [0.1, 0.15) is 10.5 Å². The minimum absolute atomic E-state index is 0.303. The highest BCUT2D eigenvalue weighted by Gasteiger charge is 2.10. The van der Waals surface area contributed by atoms with Gasteiger partial charge in [0.05, 0.1) is 14.2 Å². The molecule has 0 spiro atoms. The first-order valence-corrected chi connectivity index (χ1v) is 6.35. The number of rotatable bonds is 5. The summed E-state index contributed by atoms with van der Waals surface area (Å²) in [5, 5.41) is 5.66. The fourth-order valence-corrected chi connectivity index (χ4v) is 1.78. The van der Waals surface area contributed by atoms with E-state index in [0.717, 1.165) is 0 Å². The summed E-state index contributed by atoms with van der Waals surface area (Å²) in [5.74, 6) is 1.52.